The Morgan fingerprint density at radius 2 is 1.86 bits per heavy atom. The number of rotatable bonds is 6. The Morgan fingerprint density at radius 3 is 2.58 bits per heavy atom. The number of hydrogen-bond acceptors (Lipinski definition) is 6. The zero-order chi connectivity index (χ0) is 25.3. The molecule has 1 aliphatic heterocycles. The van der Waals surface area contributed by atoms with Gasteiger partial charge in [0.15, 0.2) is 0 Å². The van der Waals surface area contributed by atoms with Crippen LogP contribution in [0.2, 0.25) is 0 Å². The quantitative estimate of drug-likeness (QED) is 0.391. The molecular weight excluding hydrogens is 494 g/mol. The number of aryl methyl sites for hydroxylation is 1. The molecule has 2 N–H and O–H groups in total. The number of carbonyl (C=O) groups is 1. The number of carbonyl (C=O) groups excluding carboxylic acids is 1. The minimum absolute atomic E-state index is 0.151. The van der Waals surface area contributed by atoms with Crippen LogP contribution in [0.15, 0.2) is 53.9 Å². The molecule has 5 rings (SSSR count). The highest BCUT2D eigenvalue weighted by molar-refractivity contribution is 7.88. The number of H-pyrrole nitrogens is 1. The van der Waals surface area contributed by atoms with Crippen LogP contribution in [0, 0.1) is 6.92 Å². The first-order valence-corrected chi connectivity index (χ1v) is 14.3. The van der Waals surface area contributed by atoms with Gasteiger partial charge in [0.25, 0.3) is 5.91 Å². The van der Waals surface area contributed by atoms with E-state index in [1.807, 2.05) is 73.0 Å². The lowest BCUT2D eigenvalue weighted by Crippen LogP contribution is -2.48. The molecule has 10 heteroatoms. The Kier molecular flexibility index (Phi) is 6.65. The van der Waals surface area contributed by atoms with E-state index in [1.165, 1.54) is 21.9 Å². The van der Waals surface area contributed by atoms with E-state index < -0.39 is 10.0 Å². The Labute approximate surface area is 214 Å². The molecule has 0 bridgehead atoms. The predicted octanol–water partition coefficient (Wildman–Crippen LogP) is 4.44. The predicted molar refractivity (Wildman–Crippen MR) is 147 cm³/mol. The van der Waals surface area contributed by atoms with E-state index >= 15 is 0 Å². The molecule has 36 heavy (non-hydrogen) atoms. The molecule has 1 fully saturated rings. The van der Waals surface area contributed by atoms with E-state index in [2.05, 4.69) is 20.4 Å². The SMILES string of the molecule is Cc1ccsc1C(=O)Nc1cc(N2CCN(S(C)(=O)=O)CC2)ccc1/C=C/c1n[nH]c2ccccc12. The number of piperazine rings is 1. The van der Waals surface area contributed by atoms with E-state index in [1.54, 1.807) is 0 Å². The van der Waals surface area contributed by atoms with Gasteiger partial charge in [0, 0.05) is 37.3 Å². The van der Waals surface area contributed by atoms with Crippen molar-refractivity contribution in [1.82, 2.24) is 14.5 Å². The summed E-state index contributed by atoms with van der Waals surface area (Å²) in [5.41, 5.74) is 5.19. The summed E-state index contributed by atoms with van der Waals surface area (Å²) in [7, 11) is -3.20. The van der Waals surface area contributed by atoms with Crippen LogP contribution in [-0.4, -0.2) is 61.3 Å². The maximum Gasteiger partial charge on any atom is 0.266 e. The number of anilines is 2. The normalized spacial score (nSPS) is 15.1. The van der Waals surface area contributed by atoms with Crippen LogP contribution >= 0.6 is 11.3 Å². The van der Waals surface area contributed by atoms with Gasteiger partial charge in [-0.1, -0.05) is 30.3 Å². The molecule has 3 heterocycles. The van der Waals surface area contributed by atoms with Crippen LogP contribution in [0.5, 0.6) is 0 Å². The topological polar surface area (TPSA) is 98.4 Å². The molecule has 1 aliphatic rings. The van der Waals surface area contributed by atoms with E-state index in [0.29, 0.717) is 36.7 Å². The fourth-order valence-corrected chi connectivity index (χ4v) is 5.98. The van der Waals surface area contributed by atoms with Crippen LogP contribution in [0.1, 0.15) is 26.5 Å². The lowest BCUT2D eigenvalue weighted by molar-refractivity contribution is 0.103. The summed E-state index contributed by atoms with van der Waals surface area (Å²) in [5.74, 6) is -0.151. The number of nitrogens with zero attached hydrogens (tertiary/aromatic N) is 3. The highest BCUT2D eigenvalue weighted by atomic mass is 32.2. The number of amides is 1. The number of aromatic amines is 1. The monoisotopic (exact) mass is 521 g/mol. The van der Waals surface area contributed by atoms with Gasteiger partial charge < -0.3 is 10.2 Å². The van der Waals surface area contributed by atoms with Gasteiger partial charge in [0.05, 0.1) is 28.0 Å². The second-order valence-electron chi connectivity index (χ2n) is 8.80. The maximum atomic E-state index is 13.1. The van der Waals surface area contributed by atoms with Crippen molar-refractivity contribution in [1.29, 1.82) is 0 Å². The molecule has 2 aromatic carbocycles. The van der Waals surface area contributed by atoms with Gasteiger partial charge in [-0.3, -0.25) is 9.89 Å². The highest BCUT2D eigenvalue weighted by Gasteiger charge is 2.24. The van der Waals surface area contributed by atoms with Gasteiger partial charge in [-0.15, -0.1) is 11.3 Å². The average Bonchev–Trinajstić information content (AvgIpc) is 3.49. The minimum Gasteiger partial charge on any atom is -0.369 e. The fraction of sp³-hybridized carbons (Fsp3) is 0.231. The molecule has 8 nitrogen and oxygen atoms in total. The Morgan fingerprint density at radius 1 is 1.08 bits per heavy atom. The Balaban J connectivity index is 1.45. The Hall–Kier alpha value is -3.47. The van der Waals surface area contributed by atoms with Gasteiger partial charge in [0.2, 0.25) is 10.0 Å². The fourth-order valence-electron chi connectivity index (χ4n) is 4.34. The first-order valence-electron chi connectivity index (χ1n) is 11.6. The summed E-state index contributed by atoms with van der Waals surface area (Å²) in [6.07, 6.45) is 5.13. The number of nitrogens with one attached hydrogen (secondary N) is 2. The second kappa shape index (κ2) is 9.88. The van der Waals surface area contributed by atoms with Gasteiger partial charge in [0.1, 0.15) is 0 Å². The highest BCUT2D eigenvalue weighted by Crippen LogP contribution is 2.29. The molecular formula is C26H27N5O3S2. The summed E-state index contributed by atoms with van der Waals surface area (Å²) in [5, 5.41) is 13.5. The molecule has 0 saturated carbocycles. The van der Waals surface area contributed by atoms with Crippen molar-refractivity contribution in [2.75, 3.05) is 42.7 Å². The van der Waals surface area contributed by atoms with Crippen molar-refractivity contribution in [2.24, 2.45) is 0 Å². The van der Waals surface area contributed by atoms with Crippen molar-refractivity contribution in [3.63, 3.8) is 0 Å². The van der Waals surface area contributed by atoms with Crippen molar-refractivity contribution >= 4 is 61.7 Å². The molecule has 0 spiro atoms. The third-order valence-corrected chi connectivity index (χ3v) is 8.67. The van der Waals surface area contributed by atoms with E-state index in [9.17, 15) is 13.2 Å². The van der Waals surface area contributed by atoms with E-state index in [-0.39, 0.29) is 5.91 Å². The summed E-state index contributed by atoms with van der Waals surface area (Å²) >= 11 is 1.41. The third-order valence-electron chi connectivity index (χ3n) is 6.35. The number of fused-ring (bicyclic) bond motifs is 1. The van der Waals surface area contributed by atoms with Crippen LogP contribution in [-0.2, 0) is 10.0 Å². The Bertz CT molecular complexity index is 1550. The van der Waals surface area contributed by atoms with Gasteiger partial charge in [-0.05, 0) is 53.8 Å². The van der Waals surface area contributed by atoms with Crippen LogP contribution in [0.25, 0.3) is 23.1 Å². The number of sulfonamides is 1. The number of hydrogen-bond donors (Lipinski definition) is 2. The van der Waals surface area contributed by atoms with E-state index in [4.69, 9.17) is 0 Å². The number of benzene rings is 2. The standard InChI is InChI=1S/C26H27N5O3S2/c1-18-11-16-35-25(18)26(32)27-24-17-20(30-12-14-31(15-13-30)36(2,33)34)9-7-19(24)8-10-23-21-5-3-4-6-22(21)28-29-23/h3-11,16-17H,12-15H2,1-2H3,(H,27,32)(H,28,29)/b10-8+. The lowest BCUT2D eigenvalue weighted by atomic mass is 10.1. The van der Waals surface area contributed by atoms with Gasteiger partial charge in [-0.25, -0.2) is 8.42 Å². The van der Waals surface area contributed by atoms with Crippen LogP contribution < -0.4 is 10.2 Å². The summed E-state index contributed by atoms with van der Waals surface area (Å²) < 4.78 is 25.3. The average molecular weight is 522 g/mol. The molecule has 0 atom stereocenters. The number of para-hydroxylation sites is 1. The number of thiophene rings is 1. The number of aromatic nitrogens is 2. The maximum absolute atomic E-state index is 13.1. The van der Waals surface area contributed by atoms with Crippen LogP contribution in [0.3, 0.4) is 0 Å². The van der Waals surface area contributed by atoms with Crippen molar-refractivity contribution in [2.45, 2.75) is 6.92 Å². The molecule has 186 valence electrons. The molecule has 1 amide bonds. The van der Waals surface area contributed by atoms with E-state index in [0.717, 1.165) is 33.4 Å². The molecule has 2 aromatic heterocycles. The van der Waals surface area contributed by atoms with Crippen molar-refractivity contribution in [3.8, 4) is 0 Å². The zero-order valence-corrected chi connectivity index (χ0v) is 21.7. The minimum atomic E-state index is -3.20. The first-order chi connectivity index (χ1) is 17.3. The summed E-state index contributed by atoms with van der Waals surface area (Å²) in [6.45, 7) is 3.95. The smallest absolute Gasteiger partial charge is 0.266 e. The first kappa shape index (κ1) is 24.2. The lowest BCUT2D eigenvalue weighted by Gasteiger charge is -2.35. The second-order valence-corrected chi connectivity index (χ2v) is 11.7. The van der Waals surface area contributed by atoms with Gasteiger partial charge >= 0.3 is 0 Å². The summed E-state index contributed by atoms with van der Waals surface area (Å²) in [4.78, 5) is 15.9. The molecule has 1 saturated heterocycles. The van der Waals surface area contributed by atoms with Crippen LogP contribution in [0.4, 0.5) is 11.4 Å². The van der Waals surface area contributed by atoms with Gasteiger partial charge in [-0.2, -0.15) is 9.40 Å². The van der Waals surface area contributed by atoms with Crippen molar-refractivity contribution in [3.05, 3.63) is 75.6 Å². The largest absolute Gasteiger partial charge is 0.369 e. The molecule has 0 radical (unpaired) electrons. The summed E-state index contributed by atoms with van der Waals surface area (Å²) in [6, 6.07) is 15.8. The third kappa shape index (κ3) is 5.06. The molecule has 0 unspecified atom stereocenters. The molecule has 0 aliphatic carbocycles. The van der Waals surface area contributed by atoms with Crippen molar-refractivity contribution < 1.29 is 13.2 Å². The molecule has 4 aromatic rings. The zero-order valence-electron chi connectivity index (χ0n) is 20.1.